The standard InChI is InChI=1S/C22H24ClN5O2/c23-17-5-3-16(4-6-17)12-21-20-13-24-8-7-19(20)22(30)28(26-21)14-18-2-1-10-27(18)11-9-25-15-29/h3-8,13,15,18H,1-2,9-12,14H2,(H,25,29). The van der Waals surface area contributed by atoms with E-state index in [4.69, 9.17) is 16.7 Å². The molecule has 1 unspecified atom stereocenters. The number of likely N-dealkylation sites (tertiary alicyclic amines) is 1. The fourth-order valence-corrected chi connectivity index (χ4v) is 4.23. The summed E-state index contributed by atoms with van der Waals surface area (Å²) in [5.74, 6) is 0. The number of benzene rings is 1. The molecule has 0 aliphatic carbocycles. The number of carbonyl (C=O) groups excluding carboxylic acids is 1. The zero-order chi connectivity index (χ0) is 20.9. The summed E-state index contributed by atoms with van der Waals surface area (Å²) in [6.07, 6.45) is 6.76. The second-order valence-corrected chi connectivity index (χ2v) is 8.00. The molecule has 1 aliphatic heterocycles. The van der Waals surface area contributed by atoms with Crippen molar-refractivity contribution in [3.8, 4) is 0 Å². The third-order valence-electron chi connectivity index (χ3n) is 5.63. The summed E-state index contributed by atoms with van der Waals surface area (Å²) < 4.78 is 1.60. The number of nitrogens with zero attached hydrogens (tertiary/aromatic N) is 4. The Morgan fingerprint density at radius 3 is 2.83 bits per heavy atom. The molecular weight excluding hydrogens is 402 g/mol. The van der Waals surface area contributed by atoms with Gasteiger partial charge >= 0.3 is 0 Å². The number of hydrogen-bond donors (Lipinski definition) is 1. The average Bonchev–Trinajstić information content (AvgIpc) is 3.20. The van der Waals surface area contributed by atoms with Crippen LogP contribution in [0.15, 0.2) is 47.5 Å². The second kappa shape index (κ2) is 9.36. The minimum atomic E-state index is -0.0925. The maximum atomic E-state index is 13.1. The first-order valence-electron chi connectivity index (χ1n) is 10.1. The fraction of sp³-hybridized carbons (Fsp3) is 0.364. The average molecular weight is 426 g/mol. The Balaban J connectivity index is 1.64. The summed E-state index contributed by atoms with van der Waals surface area (Å²) in [6.45, 7) is 2.88. The molecule has 3 heterocycles. The highest BCUT2D eigenvalue weighted by molar-refractivity contribution is 6.30. The summed E-state index contributed by atoms with van der Waals surface area (Å²) in [6, 6.07) is 9.66. The molecule has 0 bridgehead atoms. The Morgan fingerprint density at radius 1 is 1.20 bits per heavy atom. The molecule has 1 atom stereocenters. The lowest BCUT2D eigenvalue weighted by atomic mass is 10.1. The van der Waals surface area contributed by atoms with Crippen molar-refractivity contribution in [2.24, 2.45) is 0 Å². The molecule has 1 N–H and O–H groups in total. The molecule has 0 radical (unpaired) electrons. The monoisotopic (exact) mass is 425 g/mol. The van der Waals surface area contributed by atoms with Gasteiger partial charge < -0.3 is 5.32 Å². The second-order valence-electron chi connectivity index (χ2n) is 7.56. The van der Waals surface area contributed by atoms with E-state index >= 15 is 0 Å². The van der Waals surface area contributed by atoms with Crippen LogP contribution in [0.25, 0.3) is 10.8 Å². The zero-order valence-corrected chi connectivity index (χ0v) is 17.4. The van der Waals surface area contributed by atoms with Gasteiger partial charge in [0.05, 0.1) is 17.6 Å². The van der Waals surface area contributed by atoms with Crippen LogP contribution in [0.2, 0.25) is 5.02 Å². The molecule has 0 spiro atoms. The number of rotatable bonds is 8. The summed E-state index contributed by atoms with van der Waals surface area (Å²) in [4.78, 5) is 30.2. The zero-order valence-electron chi connectivity index (χ0n) is 16.6. The Labute approximate surface area is 179 Å². The van der Waals surface area contributed by atoms with E-state index in [1.807, 2.05) is 24.3 Å². The molecule has 2 aromatic heterocycles. The lowest BCUT2D eigenvalue weighted by Crippen LogP contribution is -2.40. The van der Waals surface area contributed by atoms with E-state index in [1.165, 1.54) is 0 Å². The van der Waals surface area contributed by atoms with Gasteiger partial charge in [0.15, 0.2) is 0 Å². The molecule has 7 nitrogen and oxygen atoms in total. The van der Waals surface area contributed by atoms with Crippen LogP contribution in [0.5, 0.6) is 0 Å². The van der Waals surface area contributed by atoms with E-state index in [9.17, 15) is 9.59 Å². The maximum Gasteiger partial charge on any atom is 0.274 e. The van der Waals surface area contributed by atoms with Crippen molar-refractivity contribution in [1.29, 1.82) is 0 Å². The number of amides is 1. The van der Waals surface area contributed by atoms with E-state index in [1.54, 1.807) is 23.1 Å². The molecule has 156 valence electrons. The molecule has 1 amide bonds. The van der Waals surface area contributed by atoms with Gasteiger partial charge in [0, 0.05) is 48.4 Å². The van der Waals surface area contributed by atoms with Crippen LogP contribution >= 0.6 is 11.6 Å². The SMILES string of the molecule is O=CNCCN1CCCC1Cn1nc(Cc2ccc(Cl)cc2)c2cnccc2c1=O. The van der Waals surface area contributed by atoms with Crippen LogP contribution in [0.4, 0.5) is 0 Å². The molecule has 4 rings (SSSR count). The van der Waals surface area contributed by atoms with E-state index < -0.39 is 0 Å². The normalized spacial score (nSPS) is 16.8. The lowest BCUT2D eigenvalue weighted by Gasteiger charge is -2.24. The third-order valence-corrected chi connectivity index (χ3v) is 5.88. The number of pyridine rings is 1. The predicted octanol–water partition coefficient (Wildman–Crippen LogP) is 2.25. The first kappa shape index (κ1) is 20.5. The van der Waals surface area contributed by atoms with Gasteiger partial charge in [-0.25, -0.2) is 4.68 Å². The van der Waals surface area contributed by atoms with Gasteiger partial charge in [0.25, 0.3) is 5.56 Å². The number of carbonyl (C=O) groups is 1. The van der Waals surface area contributed by atoms with Gasteiger partial charge in [-0.2, -0.15) is 5.10 Å². The van der Waals surface area contributed by atoms with E-state index in [0.29, 0.717) is 29.9 Å². The number of nitrogens with one attached hydrogen (secondary N) is 1. The molecule has 8 heteroatoms. The fourth-order valence-electron chi connectivity index (χ4n) is 4.11. The quantitative estimate of drug-likeness (QED) is 0.442. The van der Waals surface area contributed by atoms with Gasteiger partial charge in [0.1, 0.15) is 0 Å². The third kappa shape index (κ3) is 4.52. The number of hydrogen-bond acceptors (Lipinski definition) is 5. The van der Waals surface area contributed by atoms with Gasteiger partial charge in [0.2, 0.25) is 6.41 Å². The van der Waals surface area contributed by atoms with Gasteiger partial charge in [-0.05, 0) is 43.1 Å². The van der Waals surface area contributed by atoms with Crippen molar-refractivity contribution in [3.05, 3.63) is 69.4 Å². The maximum absolute atomic E-state index is 13.1. The Hall–Kier alpha value is -2.77. The highest BCUT2D eigenvalue weighted by Crippen LogP contribution is 2.20. The molecule has 30 heavy (non-hydrogen) atoms. The van der Waals surface area contributed by atoms with Crippen LogP contribution in [-0.2, 0) is 17.8 Å². The van der Waals surface area contributed by atoms with Crippen molar-refractivity contribution in [3.63, 3.8) is 0 Å². The largest absolute Gasteiger partial charge is 0.357 e. The van der Waals surface area contributed by atoms with E-state index in [0.717, 1.165) is 49.0 Å². The van der Waals surface area contributed by atoms with Crippen molar-refractivity contribution < 1.29 is 4.79 Å². The van der Waals surface area contributed by atoms with Gasteiger partial charge in [-0.3, -0.25) is 19.5 Å². The highest BCUT2D eigenvalue weighted by atomic mass is 35.5. The Kier molecular flexibility index (Phi) is 6.40. The van der Waals surface area contributed by atoms with Crippen LogP contribution in [-0.4, -0.2) is 51.8 Å². The Bertz CT molecular complexity index is 1080. The molecule has 3 aromatic rings. The number of halogens is 1. The lowest BCUT2D eigenvalue weighted by molar-refractivity contribution is -0.109. The van der Waals surface area contributed by atoms with Crippen molar-refractivity contribution >= 4 is 28.8 Å². The minimum absolute atomic E-state index is 0.0925. The van der Waals surface area contributed by atoms with Crippen LogP contribution in [0.1, 0.15) is 24.1 Å². The molecule has 1 fully saturated rings. The highest BCUT2D eigenvalue weighted by Gasteiger charge is 2.25. The minimum Gasteiger partial charge on any atom is -0.357 e. The number of fused-ring (bicyclic) bond motifs is 1. The van der Waals surface area contributed by atoms with Crippen LogP contribution in [0.3, 0.4) is 0 Å². The Morgan fingerprint density at radius 2 is 2.03 bits per heavy atom. The van der Waals surface area contributed by atoms with Crippen LogP contribution in [0, 0.1) is 0 Å². The summed E-state index contributed by atoms with van der Waals surface area (Å²) in [5, 5.41) is 9.57. The van der Waals surface area contributed by atoms with Crippen molar-refractivity contribution in [2.75, 3.05) is 19.6 Å². The summed E-state index contributed by atoms with van der Waals surface area (Å²) >= 11 is 6.01. The molecular formula is C22H24ClN5O2. The summed E-state index contributed by atoms with van der Waals surface area (Å²) in [5.41, 5.74) is 1.81. The smallest absolute Gasteiger partial charge is 0.274 e. The summed E-state index contributed by atoms with van der Waals surface area (Å²) in [7, 11) is 0. The predicted molar refractivity (Wildman–Crippen MR) is 117 cm³/mol. The van der Waals surface area contributed by atoms with Gasteiger partial charge in [-0.15, -0.1) is 0 Å². The topological polar surface area (TPSA) is 80.1 Å². The van der Waals surface area contributed by atoms with Crippen LogP contribution < -0.4 is 10.9 Å². The van der Waals surface area contributed by atoms with E-state index in [2.05, 4.69) is 15.2 Å². The number of aromatic nitrogens is 3. The van der Waals surface area contributed by atoms with Crippen molar-refractivity contribution in [1.82, 2.24) is 25.0 Å². The molecule has 1 saturated heterocycles. The molecule has 1 aliphatic rings. The molecule has 0 saturated carbocycles. The van der Waals surface area contributed by atoms with Crippen molar-refractivity contribution in [2.45, 2.75) is 31.8 Å². The first-order chi connectivity index (χ1) is 14.7. The van der Waals surface area contributed by atoms with Gasteiger partial charge in [-0.1, -0.05) is 23.7 Å². The van der Waals surface area contributed by atoms with E-state index in [-0.39, 0.29) is 11.6 Å². The first-order valence-corrected chi connectivity index (χ1v) is 10.5. The molecule has 1 aromatic carbocycles.